The second-order valence-electron chi connectivity index (χ2n) is 6.14. The third-order valence-corrected chi connectivity index (χ3v) is 5.16. The average molecular weight is 362 g/mol. The van der Waals surface area contributed by atoms with Crippen molar-refractivity contribution in [2.45, 2.75) is 13.3 Å². The topological polar surface area (TPSA) is 70.7 Å². The van der Waals surface area contributed by atoms with E-state index in [2.05, 4.69) is 45.4 Å². The summed E-state index contributed by atoms with van der Waals surface area (Å²) >= 11 is 1.46. The summed E-state index contributed by atoms with van der Waals surface area (Å²) in [6.45, 7) is 2.66. The Labute approximate surface area is 155 Å². The molecule has 0 saturated heterocycles. The quantitative estimate of drug-likeness (QED) is 0.564. The summed E-state index contributed by atoms with van der Waals surface area (Å²) in [5, 5.41) is 6.79. The lowest BCUT2D eigenvalue weighted by molar-refractivity contribution is 0.0950. The van der Waals surface area contributed by atoms with Crippen LogP contribution in [0, 0.1) is 6.92 Å². The van der Waals surface area contributed by atoms with Gasteiger partial charge in [0.05, 0.1) is 0 Å². The van der Waals surface area contributed by atoms with E-state index in [-0.39, 0.29) is 5.91 Å². The number of aromatic nitrogens is 3. The molecule has 5 nitrogen and oxygen atoms in total. The molecular weight excluding hydrogens is 344 g/mol. The zero-order valence-electron chi connectivity index (χ0n) is 14.3. The zero-order valence-corrected chi connectivity index (χ0v) is 15.1. The van der Waals surface area contributed by atoms with Gasteiger partial charge in [0.25, 0.3) is 5.91 Å². The Morgan fingerprint density at radius 1 is 1.23 bits per heavy atom. The number of fused-ring (bicyclic) bond motifs is 1. The van der Waals surface area contributed by atoms with Crippen LogP contribution in [0.2, 0.25) is 0 Å². The maximum atomic E-state index is 12.3. The fraction of sp³-hybridized carbons (Fsp3) is 0.150. The molecule has 6 heteroatoms. The average Bonchev–Trinajstić information content (AvgIpc) is 3.30. The van der Waals surface area contributed by atoms with Crippen molar-refractivity contribution in [3.05, 3.63) is 71.1 Å². The van der Waals surface area contributed by atoms with Crippen molar-refractivity contribution in [2.24, 2.45) is 0 Å². The van der Waals surface area contributed by atoms with Gasteiger partial charge in [0.1, 0.15) is 10.7 Å². The first kappa shape index (κ1) is 16.5. The van der Waals surface area contributed by atoms with Crippen molar-refractivity contribution >= 4 is 28.1 Å². The number of rotatable bonds is 5. The first-order valence-corrected chi connectivity index (χ1v) is 9.29. The summed E-state index contributed by atoms with van der Waals surface area (Å²) in [6.07, 6.45) is 6.23. The molecule has 0 fully saturated rings. The first-order chi connectivity index (χ1) is 12.7. The van der Waals surface area contributed by atoms with Gasteiger partial charge in [-0.2, -0.15) is 0 Å². The lowest BCUT2D eigenvalue weighted by Crippen LogP contribution is -2.25. The van der Waals surface area contributed by atoms with Crippen molar-refractivity contribution in [1.82, 2.24) is 20.3 Å². The number of thiazole rings is 1. The third-order valence-electron chi connectivity index (χ3n) is 4.27. The molecule has 1 aromatic carbocycles. The summed E-state index contributed by atoms with van der Waals surface area (Å²) in [5.41, 5.74) is 4.99. The smallest absolute Gasteiger partial charge is 0.270 e. The van der Waals surface area contributed by atoms with Crippen molar-refractivity contribution in [2.75, 3.05) is 6.54 Å². The molecule has 0 bridgehead atoms. The Balaban J connectivity index is 1.40. The Morgan fingerprint density at radius 2 is 2.08 bits per heavy atom. The van der Waals surface area contributed by atoms with Crippen LogP contribution in [0.3, 0.4) is 0 Å². The van der Waals surface area contributed by atoms with Gasteiger partial charge in [-0.15, -0.1) is 11.3 Å². The second kappa shape index (κ2) is 7.09. The van der Waals surface area contributed by atoms with Gasteiger partial charge >= 0.3 is 0 Å². The molecule has 4 rings (SSSR count). The van der Waals surface area contributed by atoms with Gasteiger partial charge in [-0.05, 0) is 43.2 Å². The van der Waals surface area contributed by atoms with Gasteiger partial charge < -0.3 is 10.3 Å². The van der Waals surface area contributed by atoms with E-state index in [0.29, 0.717) is 12.2 Å². The molecule has 0 saturated carbocycles. The number of hydrogen-bond donors (Lipinski definition) is 2. The van der Waals surface area contributed by atoms with Crippen LogP contribution in [0.1, 0.15) is 21.6 Å². The number of pyridine rings is 1. The number of benzene rings is 1. The molecule has 4 aromatic rings. The van der Waals surface area contributed by atoms with E-state index < -0.39 is 0 Å². The monoisotopic (exact) mass is 362 g/mol. The number of nitrogens with zero attached hydrogens (tertiary/aromatic N) is 2. The molecule has 3 aromatic heterocycles. The largest absolute Gasteiger partial charge is 0.361 e. The highest BCUT2D eigenvalue weighted by Crippen LogP contribution is 2.23. The predicted molar refractivity (Wildman–Crippen MR) is 104 cm³/mol. The van der Waals surface area contributed by atoms with Gasteiger partial charge in [0.15, 0.2) is 0 Å². The minimum absolute atomic E-state index is 0.141. The molecule has 3 heterocycles. The molecule has 0 aliphatic rings. The number of hydrogen-bond acceptors (Lipinski definition) is 4. The summed E-state index contributed by atoms with van der Waals surface area (Å²) in [7, 11) is 0. The van der Waals surface area contributed by atoms with Crippen molar-refractivity contribution in [3.8, 4) is 10.6 Å². The molecule has 0 unspecified atom stereocenters. The van der Waals surface area contributed by atoms with Gasteiger partial charge in [-0.25, -0.2) is 4.98 Å². The minimum Gasteiger partial charge on any atom is -0.361 e. The van der Waals surface area contributed by atoms with E-state index in [1.807, 2.05) is 18.3 Å². The number of carbonyl (C=O) groups excluding carboxylic acids is 1. The molecule has 0 atom stereocenters. The Hall–Kier alpha value is -2.99. The highest BCUT2D eigenvalue weighted by atomic mass is 32.1. The van der Waals surface area contributed by atoms with Gasteiger partial charge in [0, 0.05) is 47.0 Å². The Morgan fingerprint density at radius 3 is 2.92 bits per heavy atom. The summed E-state index contributed by atoms with van der Waals surface area (Å²) in [6, 6.07) is 10.1. The number of nitrogens with one attached hydrogen (secondary N) is 2. The Kier molecular flexibility index (Phi) is 4.50. The zero-order chi connectivity index (χ0) is 17.9. The summed E-state index contributed by atoms with van der Waals surface area (Å²) < 4.78 is 0. The van der Waals surface area contributed by atoms with E-state index in [1.165, 1.54) is 27.8 Å². The van der Waals surface area contributed by atoms with E-state index in [9.17, 15) is 4.79 Å². The third kappa shape index (κ3) is 3.36. The van der Waals surface area contributed by atoms with Crippen LogP contribution in [0.25, 0.3) is 21.5 Å². The number of aromatic amines is 1. The Bertz CT molecular complexity index is 1050. The van der Waals surface area contributed by atoms with Crippen LogP contribution in [0.4, 0.5) is 0 Å². The molecule has 26 heavy (non-hydrogen) atoms. The highest BCUT2D eigenvalue weighted by Gasteiger charge is 2.12. The van der Waals surface area contributed by atoms with Gasteiger partial charge in [0.2, 0.25) is 0 Å². The van der Waals surface area contributed by atoms with Crippen LogP contribution >= 0.6 is 11.3 Å². The molecule has 2 N–H and O–H groups in total. The van der Waals surface area contributed by atoms with Gasteiger partial charge in [-0.1, -0.05) is 11.6 Å². The van der Waals surface area contributed by atoms with Crippen LogP contribution in [0.5, 0.6) is 0 Å². The lowest BCUT2D eigenvalue weighted by atomic mass is 10.1. The van der Waals surface area contributed by atoms with Crippen molar-refractivity contribution in [1.29, 1.82) is 0 Å². The standard InChI is InChI=1S/C20H18N4OS/c1-13-2-3-17-16(10-13)15(11-23-17)6-9-22-19(25)18-12-26-20(24-18)14-4-7-21-8-5-14/h2-5,7-8,10-12,23H,6,9H2,1H3,(H,22,25). The SMILES string of the molecule is Cc1ccc2[nH]cc(CCNC(=O)c3csc(-c4ccncc4)n3)c2c1. The maximum absolute atomic E-state index is 12.3. The molecule has 0 radical (unpaired) electrons. The van der Waals surface area contributed by atoms with Crippen LogP contribution in [-0.4, -0.2) is 27.4 Å². The summed E-state index contributed by atoms with van der Waals surface area (Å²) in [5.74, 6) is -0.141. The number of amides is 1. The van der Waals surface area contributed by atoms with Crippen molar-refractivity contribution < 1.29 is 4.79 Å². The van der Waals surface area contributed by atoms with Crippen LogP contribution < -0.4 is 5.32 Å². The number of H-pyrrole nitrogens is 1. The first-order valence-electron chi connectivity index (χ1n) is 8.41. The fourth-order valence-corrected chi connectivity index (χ4v) is 3.71. The molecule has 1 amide bonds. The van der Waals surface area contributed by atoms with E-state index >= 15 is 0 Å². The summed E-state index contributed by atoms with van der Waals surface area (Å²) in [4.78, 5) is 24.1. The molecule has 0 spiro atoms. The van der Waals surface area contributed by atoms with Crippen LogP contribution in [-0.2, 0) is 6.42 Å². The molecular formula is C20H18N4OS. The minimum atomic E-state index is -0.141. The van der Waals surface area contributed by atoms with E-state index in [1.54, 1.807) is 17.8 Å². The molecule has 130 valence electrons. The lowest BCUT2D eigenvalue weighted by Gasteiger charge is -2.03. The highest BCUT2D eigenvalue weighted by molar-refractivity contribution is 7.13. The number of carbonyl (C=O) groups is 1. The van der Waals surface area contributed by atoms with Crippen molar-refractivity contribution in [3.63, 3.8) is 0 Å². The predicted octanol–water partition coefficient (Wildman–Crippen LogP) is 3.97. The molecule has 0 aliphatic heterocycles. The van der Waals surface area contributed by atoms with E-state index in [4.69, 9.17) is 0 Å². The second-order valence-corrected chi connectivity index (χ2v) is 7.00. The normalized spacial score (nSPS) is 11.0. The maximum Gasteiger partial charge on any atom is 0.270 e. The molecule has 0 aliphatic carbocycles. The fourth-order valence-electron chi connectivity index (χ4n) is 2.91. The van der Waals surface area contributed by atoms with Crippen LogP contribution in [0.15, 0.2) is 54.3 Å². The van der Waals surface area contributed by atoms with Gasteiger partial charge in [-0.3, -0.25) is 9.78 Å². The number of aryl methyl sites for hydroxylation is 1. The van der Waals surface area contributed by atoms with E-state index in [0.717, 1.165) is 22.5 Å².